The minimum absolute atomic E-state index is 0.0111. The standard InChI is InChI=1S/C13H17F2N5O/c1-2-13(14,15)6-8(7-21)18-11-10-9(4-3-5-17-10)19-12(16)20-11/h3-5,8,21H,2,6-7H2,1H3,(H3,16,18,19,20)/t8-/m1/s1. The van der Waals surface area contributed by atoms with E-state index in [1.807, 2.05) is 0 Å². The molecular weight excluding hydrogens is 280 g/mol. The van der Waals surface area contributed by atoms with Gasteiger partial charge in [-0.15, -0.1) is 0 Å². The maximum absolute atomic E-state index is 13.5. The predicted molar refractivity (Wildman–Crippen MR) is 76.1 cm³/mol. The second kappa shape index (κ2) is 6.13. The van der Waals surface area contributed by atoms with Gasteiger partial charge in [0.25, 0.3) is 0 Å². The van der Waals surface area contributed by atoms with E-state index >= 15 is 0 Å². The van der Waals surface area contributed by atoms with E-state index < -0.39 is 25.0 Å². The molecule has 114 valence electrons. The molecular formula is C13H17F2N5O. The van der Waals surface area contributed by atoms with Gasteiger partial charge in [-0.05, 0) is 12.1 Å². The summed E-state index contributed by atoms with van der Waals surface area (Å²) in [5.74, 6) is -2.61. The van der Waals surface area contributed by atoms with E-state index in [0.717, 1.165) is 0 Å². The quantitative estimate of drug-likeness (QED) is 0.752. The smallest absolute Gasteiger partial charge is 0.249 e. The van der Waals surface area contributed by atoms with Crippen molar-refractivity contribution in [2.75, 3.05) is 17.7 Å². The number of nitrogen functional groups attached to an aromatic ring is 1. The molecule has 0 amide bonds. The van der Waals surface area contributed by atoms with Gasteiger partial charge in [0, 0.05) is 19.0 Å². The summed E-state index contributed by atoms with van der Waals surface area (Å²) in [7, 11) is 0. The van der Waals surface area contributed by atoms with Crippen molar-refractivity contribution in [2.24, 2.45) is 0 Å². The Hall–Kier alpha value is -2.09. The van der Waals surface area contributed by atoms with Crippen LogP contribution in [0.15, 0.2) is 18.3 Å². The third-order valence-corrected chi connectivity index (χ3v) is 3.10. The van der Waals surface area contributed by atoms with Crippen LogP contribution in [0.5, 0.6) is 0 Å². The summed E-state index contributed by atoms with van der Waals surface area (Å²) in [5.41, 5.74) is 6.52. The molecule has 0 saturated heterocycles. The maximum Gasteiger partial charge on any atom is 0.249 e. The first kappa shape index (κ1) is 15.3. The van der Waals surface area contributed by atoms with Gasteiger partial charge in [0.15, 0.2) is 5.82 Å². The van der Waals surface area contributed by atoms with Crippen LogP contribution < -0.4 is 11.1 Å². The number of fused-ring (bicyclic) bond motifs is 1. The topological polar surface area (TPSA) is 97.0 Å². The van der Waals surface area contributed by atoms with Gasteiger partial charge in [-0.25, -0.2) is 13.8 Å². The number of hydrogen-bond donors (Lipinski definition) is 3. The van der Waals surface area contributed by atoms with Crippen molar-refractivity contribution in [3.8, 4) is 0 Å². The second-order valence-electron chi connectivity index (χ2n) is 4.74. The van der Waals surface area contributed by atoms with Crippen LogP contribution in [0, 0.1) is 0 Å². The SMILES string of the molecule is CCC(F)(F)C[C@H](CO)Nc1nc(N)nc2cccnc12. The zero-order valence-electron chi connectivity index (χ0n) is 11.6. The highest BCUT2D eigenvalue weighted by molar-refractivity contribution is 5.85. The Morgan fingerprint density at radius 1 is 1.43 bits per heavy atom. The van der Waals surface area contributed by atoms with E-state index in [1.54, 1.807) is 18.3 Å². The molecule has 2 aromatic heterocycles. The van der Waals surface area contributed by atoms with E-state index in [-0.39, 0.29) is 18.2 Å². The molecule has 0 aromatic carbocycles. The zero-order chi connectivity index (χ0) is 15.5. The fourth-order valence-electron chi connectivity index (χ4n) is 1.95. The van der Waals surface area contributed by atoms with Crippen molar-refractivity contribution in [1.82, 2.24) is 15.0 Å². The number of halogens is 2. The van der Waals surface area contributed by atoms with Gasteiger partial charge >= 0.3 is 0 Å². The molecule has 2 heterocycles. The fraction of sp³-hybridized carbons (Fsp3) is 0.462. The molecule has 21 heavy (non-hydrogen) atoms. The fourth-order valence-corrected chi connectivity index (χ4v) is 1.95. The van der Waals surface area contributed by atoms with Crippen LogP contribution in [0.4, 0.5) is 20.5 Å². The summed E-state index contributed by atoms with van der Waals surface area (Å²) < 4.78 is 26.9. The molecule has 8 heteroatoms. The lowest BCUT2D eigenvalue weighted by molar-refractivity contribution is -0.0198. The minimum Gasteiger partial charge on any atom is -0.394 e. The Balaban J connectivity index is 2.29. The van der Waals surface area contributed by atoms with Gasteiger partial charge in [-0.2, -0.15) is 4.98 Å². The lowest BCUT2D eigenvalue weighted by Crippen LogP contribution is -2.32. The number of nitrogens with zero attached hydrogens (tertiary/aromatic N) is 3. The Morgan fingerprint density at radius 3 is 2.86 bits per heavy atom. The van der Waals surface area contributed by atoms with E-state index in [9.17, 15) is 13.9 Å². The number of nitrogens with one attached hydrogen (secondary N) is 1. The van der Waals surface area contributed by atoms with Crippen LogP contribution in [0.3, 0.4) is 0 Å². The maximum atomic E-state index is 13.5. The molecule has 0 saturated carbocycles. The summed E-state index contributed by atoms with van der Waals surface area (Å²) in [6.07, 6.45) is 0.746. The van der Waals surface area contributed by atoms with Crippen molar-refractivity contribution in [2.45, 2.75) is 31.7 Å². The minimum atomic E-state index is -2.86. The molecule has 0 aliphatic rings. The normalized spacial score (nSPS) is 13.3. The van der Waals surface area contributed by atoms with Crippen molar-refractivity contribution in [3.05, 3.63) is 18.3 Å². The molecule has 0 unspecified atom stereocenters. The highest BCUT2D eigenvalue weighted by Gasteiger charge is 2.30. The monoisotopic (exact) mass is 297 g/mol. The highest BCUT2D eigenvalue weighted by atomic mass is 19.3. The second-order valence-corrected chi connectivity index (χ2v) is 4.74. The average Bonchev–Trinajstić information content (AvgIpc) is 2.46. The largest absolute Gasteiger partial charge is 0.394 e. The summed E-state index contributed by atoms with van der Waals surface area (Å²) in [5, 5.41) is 12.1. The molecule has 0 fully saturated rings. The van der Waals surface area contributed by atoms with Crippen molar-refractivity contribution in [3.63, 3.8) is 0 Å². The number of aliphatic hydroxyl groups is 1. The lowest BCUT2D eigenvalue weighted by atomic mass is 10.1. The molecule has 4 N–H and O–H groups in total. The Kier molecular flexibility index (Phi) is 4.46. The van der Waals surface area contributed by atoms with Crippen molar-refractivity contribution < 1.29 is 13.9 Å². The van der Waals surface area contributed by atoms with Crippen LogP contribution >= 0.6 is 0 Å². The number of nitrogens with two attached hydrogens (primary N) is 1. The Bertz CT molecular complexity index is 623. The first-order valence-electron chi connectivity index (χ1n) is 6.58. The molecule has 2 rings (SSSR count). The molecule has 0 bridgehead atoms. The summed E-state index contributed by atoms with van der Waals surface area (Å²) in [4.78, 5) is 12.1. The number of alkyl halides is 2. The molecule has 1 atom stereocenters. The molecule has 0 radical (unpaired) electrons. The summed E-state index contributed by atoms with van der Waals surface area (Å²) in [6.45, 7) is 0.946. The Labute approximate surface area is 120 Å². The zero-order valence-corrected chi connectivity index (χ0v) is 11.6. The first-order valence-corrected chi connectivity index (χ1v) is 6.58. The van der Waals surface area contributed by atoms with Gasteiger partial charge in [-0.1, -0.05) is 6.92 Å². The number of anilines is 2. The van der Waals surface area contributed by atoms with Gasteiger partial charge in [0.1, 0.15) is 5.52 Å². The highest BCUT2D eigenvalue weighted by Crippen LogP contribution is 2.26. The van der Waals surface area contributed by atoms with Crippen LogP contribution in [0.25, 0.3) is 11.0 Å². The predicted octanol–water partition coefficient (Wildman–Crippen LogP) is 1.82. The first-order chi connectivity index (χ1) is 9.95. The van der Waals surface area contributed by atoms with Crippen LogP contribution in [0.2, 0.25) is 0 Å². The van der Waals surface area contributed by atoms with Crippen LogP contribution in [-0.4, -0.2) is 38.6 Å². The van der Waals surface area contributed by atoms with Gasteiger partial charge in [0.05, 0.1) is 18.2 Å². The van der Waals surface area contributed by atoms with E-state index in [2.05, 4.69) is 20.3 Å². The average molecular weight is 297 g/mol. The third-order valence-electron chi connectivity index (χ3n) is 3.10. The molecule has 0 aliphatic carbocycles. The van der Waals surface area contributed by atoms with Gasteiger partial charge in [-0.3, -0.25) is 4.98 Å². The van der Waals surface area contributed by atoms with E-state index in [4.69, 9.17) is 5.73 Å². The number of pyridine rings is 1. The molecule has 2 aromatic rings. The van der Waals surface area contributed by atoms with Gasteiger partial charge < -0.3 is 16.2 Å². The molecule has 6 nitrogen and oxygen atoms in total. The molecule has 0 aliphatic heterocycles. The van der Waals surface area contributed by atoms with Crippen molar-refractivity contribution >= 4 is 22.8 Å². The molecule has 0 spiro atoms. The van der Waals surface area contributed by atoms with Crippen LogP contribution in [-0.2, 0) is 0 Å². The summed E-state index contributed by atoms with van der Waals surface area (Å²) >= 11 is 0. The number of rotatable bonds is 6. The van der Waals surface area contributed by atoms with Crippen LogP contribution in [0.1, 0.15) is 19.8 Å². The van der Waals surface area contributed by atoms with Crippen molar-refractivity contribution in [1.29, 1.82) is 0 Å². The lowest BCUT2D eigenvalue weighted by Gasteiger charge is -2.22. The van der Waals surface area contributed by atoms with Gasteiger partial charge in [0.2, 0.25) is 11.9 Å². The number of aliphatic hydroxyl groups excluding tert-OH is 1. The van der Waals surface area contributed by atoms with E-state index in [1.165, 1.54) is 6.92 Å². The Morgan fingerprint density at radius 2 is 2.19 bits per heavy atom. The number of aromatic nitrogens is 3. The summed E-state index contributed by atoms with van der Waals surface area (Å²) in [6, 6.07) is 2.53. The van der Waals surface area contributed by atoms with E-state index in [0.29, 0.717) is 11.0 Å². The number of hydrogen-bond acceptors (Lipinski definition) is 6. The third kappa shape index (κ3) is 3.72.